The van der Waals surface area contributed by atoms with Gasteiger partial charge in [-0.3, -0.25) is 0 Å². The molecule has 0 spiro atoms. The van der Waals surface area contributed by atoms with Crippen LogP contribution in [0.1, 0.15) is 38.5 Å². The molecule has 21 fully saturated rings. The summed E-state index contributed by atoms with van der Waals surface area (Å²) in [6.07, 6.45) is -48.3. The molecule has 0 radical (unpaired) electrons. The Kier molecular flexibility index (Phi) is 20.6. The molecule has 0 aromatic carbocycles. The monoisotopic (exact) mass is 1090 g/mol. The van der Waals surface area contributed by atoms with Crippen molar-refractivity contribution < 1.29 is 144 Å². The van der Waals surface area contributed by atoms with Crippen LogP contribution < -0.4 is 0 Å². The molecule has 17 saturated heterocycles. The summed E-state index contributed by atoms with van der Waals surface area (Å²) in [6, 6.07) is 0. The Balaban J connectivity index is 1.06. The van der Waals surface area contributed by atoms with Gasteiger partial charge in [0, 0.05) is 62.9 Å². The van der Waals surface area contributed by atoms with Gasteiger partial charge in [0.1, 0.15) is 97.7 Å². The predicted octanol–water partition coefficient (Wildman–Crippen LogP) is -10.5. The maximum Gasteiger partial charge on any atom is 0.187 e. The molecule has 21 rings (SSSR count). The molecule has 17 heterocycles. The van der Waals surface area contributed by atoms with E-state index >= 15 is 0 Å². The van der Waals surface area contributed by atoms with Gasteiger partial charge in [0.05, 0.1) is 80.9 Å². The summed E-state index contributed by atoms with van der Waals surface area (Å²) < 4.78 is 59.6. The summed E-state index contributed by atoms with van der Waals surface area (Å²) in [5, 5.41) is 210. The van der Waals surface area contributed by atoms with Crippen molar-refractivity contribution in [3.8, 4) is 0 Å². The summed E-state index contributed by atoms with van der Waals surface area (Å²) in [5.74, 6) is -3.68. The Hall–Kier alpha value is -1.16. The van der Waals surface area contributed by atoms with E-state index in [0.717, 1.165) is 0 Å². The van der Waals surface area contributed by atoms with Gasteiger partial charge >= 0.3 is 0 Å². The summed E-state index contributed by atoms with van der Waals surface area (Å²) in [6.45, 7) is -5.16. The fourth-order valence-electron chi connectivity index (χ4n) is 12.2. The largest absolute Gasteiger partial charge is 0.396 e. The fourth-order valence-corrected chi connectivity index (χ4v) is 12.2. The van der Waals surface area contributed by atoms with E-state index in [1.54, 1.807) is 0 Å². The van der Waals surface area contributed by atoms with Gasteiger partial charge in [-0.15, -0.1) is 0 Å². The summed E-state index contributed by atoms with van der Waals surface area (Å²) in [5.41, 5.74) is 0. The molecular weight excluding hydrogens is 1020 g/mol. The molecule has 436 valence electrons. The molecule has 33 atom stereocenters. The lowest BCUT2D eigenvalue weighted by Gasteiger charge is -2.50. The zero-order valence-electron chi connectivity index (χ0n) is 40.8. The van der Waals surface area contributed by atoms with Gasteiger partial charge in [0.15, 0.2) is 18.9 Å². The Labute approximate surface area is 429 Å². The topological polar surface area (TPSA) is 477 Å². The Bertz CT molecular complexity index is 1750. The minimum absolute atomic E-state index is 0.0505. The van der Waals surface area contributed by atoms with Crippen molar-refractivity contribution in [2.24, 2.45) is 23.7 Å². The molecule has 4 aliphatic carbocycles. The molecule has 0 aromatic rings. The Morgan fingerprint density at radius 1 is 0.227 bits per heavy atom. The van der Waals surface area contributed by atoms with E-state index in [1.807, 2.05) is 0 Å². The maximum atomic E-state index is 11.5. The van der Waals surface area contributed by atoms with Crippen molar-refractivity contribution in [2.45, 2.75) is 216 Å². The Morgan fingerprint density at radius 3 is 0.907 bits per heavy atom. The van der Waals surface area contributed by atoms with Gasteiger partial charge in [-0.05, 0) is 25.7 Å². The van der Waals surface area contributed by atoms with Crippen molar-refractivity contribution in [3.05, 3.63) is 0 Å². The van der Waals surface area contributed by atoms with Crippen molar-refractivity contribution >= 4 is 0 Å². The van der Waals surface area contributed by atoms with E-state index in [9.17, 15) is 97.0 Å². The molecule has 8 unspecified atom stereocenters. The first-order chi connectivity index (χ1) is 35.8. The third kappa shape index (κ3) is 12.2. The van der Waals surface area contributed by atoms with Crippen LogP contribution in [0.4, 0.5) is 0 Å². The lowest BCUT2D eigenvalue weighted by molar-refractivity contribution is -0.374. The van der Waals surface area contributed by atoms with Crippen LogP contribution in [0.5, 0.6) is 0 Å². The average Bonchev–Trinajstić information content (AvgIpc) is 3.40. The molecule has 21 aliphatic rings. The first kappa shape index (κ1) is 59.9. The van der Waals surface area contributed by atoms with Crippen LogP contribution in [0.2, 0.25) is 0 Å². The fraction of sp³-hybridized carbons (Fsp3) is 1.00. The first-order valence-corrected chi connectivity index (χ1v) is 25.8. The summed E-state index contributed by atoms with van der Waals surface area (Å²) in [4.78, 5) is 0. The second-order valence-electron chi connectivity index (χ2n) is 21.4. The van der Waals surface area contributed by atoms with Gasteiger partial charge in [-0.2, -0.15) is 0 Å². The van der Waals surface area contributed by atoms with E-state index in [0.29, 0.717) is 0 Å². The van der Waals surface area contributed by atoms with Gasteiger partial charge in [-0.25, -0.2) is 0 Å². The van der Waals surface area contributed by atoms with Crippen molar-refractivity contribution in [2.75, 3.05) is 46.2 Å². The van der Waals surface area contributed by atoms with E-state index < -0.39 is 247 Å². The molecule has 75 heavy (non-hydrogen) atoms. The lowest BCUT2D eigenvalue weighted by atomic mass is 9.79. The molecule has 0 aromatic heterocycles. The number of rotatable bonds is 7. The van der Waals surface area contributed by atoms with Crippen LogP contribution >= 0.6 is 0 Å². The molecule has 0 amide bonds. The lowest BCUT2D eigenvalue weighted by Crippen LogP contribution is -2.67. The number of aliphatic hydroxyl groups is 19. The first-order valence-electron chi connectivity index (χ1n) is 25.8. The van der Waals surface area contributed by atoms with E-state index in [4.69, 9.17) is 47.4 Å². The highest BCUT2D eigenvalue weighted by molar-refractivity contribution is 5.03. The van der Waals surface area contributed by atoms with Crippen LogP contribution in [-0.4, -0.2) is 321 Å². The minimum atomic E-state index is -2.09. The third-order valence-corrected chi connectivity index (χ3v) is 16.7. The van der Waals surface area contributed by atoms with Gasteiger partial charge in [0.2, 0.25) is 0 Å². The SMILES string of the molecule is OC[C@H]1CC2O[C@H]3[C@H](O)[C@@H](O)C(OC4[C@@H](CO)OC(O[C@@H]5[C@@H](CO)CC(O[C@H]6[C@H](O)[C@@H](O)C(O[C@H]7C[C@@H](O)C(C[C@@H]7CO)O[C@H]7C[C@@H](O)C(C[C@@H]7CO)O[C@H]1[C@H](O)[C@H]2O)O[C@@H]6CO)[C@H](O)[C@H]5O)[C@H](O)[C@H]4O)O[C@@H]3CO. The van der Waals surface area contributed by atoms with E-state index in [1.165, 1.54) is 0 Å². The molecule has 14 bridgehead atoms. The van der Waals surface area contributed by atoms with Gasteiger partial charge in [0.25, 0.3) is 0 Å². The highest BCUT2D eigenvalue weighted by Gasteiger charge is 2.57. The smallest absolute Gasteiger partial charge is 0.187 e. The van der Waals surface area contributed by atoms with E-state index in [-0.39, 0.29) is 38.5 Å². The van der Waals surface area contributed by atoms with Crippen molar-refractivity contribution in [1.29, 1.82) is 0 Å². The number of ether oxygens (including phenoxy) is 10. The standard InChI is InChI=1S/C46H78O29/c47-7-14-2-23-19(55)5-20(14)66-22-1-15(8-48)21(6-18(22)54)70-44-36(63)33(60)41(26(11-51)71-44)69-25-4-17(10-50)40(32(59)30(25)57)74-45-38(65)35(62)43(28(13-53)73-45)75-46-37(64)34(61)42(27(12-52)72-46)68-24-3-16(9-49)39(67-23)31(58)29(24)56/h14-65H,1-13H2/t14-,15-,16-,17-,18-,19-,20+,21+,22?,23?,24?,25?,26-,27-,28-,29+,30+,31-,32-,33-,34-,35-,36-,37-,38-,39-,40-,41-,42-,43?,44?,45?,46?/m1/s1. The molecule has 4 saturated carbocycles. The van der Waals surface area contributed by atoms with Crippen LogP contribution in [0.3, 0.4) is 0 Å². The zero-order valence-corrected chi connectivity index (χ0v) is 40.8. The predicted molar refractivity (Wildman–Crippen MR) is 239 cm³/mol. The maximum absolute atomic E-state index is 11.5. The number of hydrogen-bond acceptors (Lipinski definition) is 29. The van der Waals surface area contributed by atoms with Crippen LogP contribution in [0.15, 0.2) is 0 Å². The minimum Gasteiger partial charge on any atom is -0.396 e. The van der Waals surface area contributed by atoms with E-state index in [2.05, 4.69) is 0 Å². The highest BCUT2D eigenvalue weighted by atomic mass is 16.8. The van der Waals surface area contributed by atoms with Crippen molar-refractivity contribution in [3.63, 3.8) is 0 Å². The van der Waals surface area contributed by atoms with Crippen molar-refractivity contribution in [1.82, 2.24) is 0 Å². The van der Waals surface area contributed by atoms with Gasteiger partial charge in [-0.1, -0.05) is 0 Å². The number of hydrogen-bond donors (Lipinski definition) is 19. The number of aliphatic hydroxyl groups excluding tert-OH is 19. The zero-order chi connectivity index (χ0) is 54.3. The normalized spacial score (nSPS) is 54.5. The van der Waals surface area contributed by atoms with Crippen LogP contribution in [-0.2, 0) is 47.4 Å². The molecule has 19 N–H and O–H groups in total. The van der Waals surface area contributed by atoms with Gasteiger partial charge < -0.3 is 144 Å². The highest BCUT2D eigenvalue weighted by Crippen LogP contribution is 2.42. The summed E-state index contributed by atoms with van der Waals surface area (Å²) >= 11 is 0. The molecule has 17 aliphatic heterocycles. The van der Waals surface area contributed by atoms with Crippen LogP contribution in [0, 0.1) is 23.7 Å². The molecular formula is C46H78O29. The Morgan fingerprint density at radius 2 is 0.520 bits per heavy atom. The molecule has 29 heteroatoms. The average molecular weight is 1100 g/mol. The third-order valence-electron chi connectivity index (χ3n) is 16.7. The quantitative estimate of drug-likeness (QED) is 0.113. The second kappa shape index (κ2) is 25.7. The summed E-state index contributed by atoms with van der Waals surface area (Å²) in [7, 11) is 0. The molecule has 29 nitrogen and oxygen atoms in total. The second-order valence-corrected chi connectivity index (χ2v) is 21.4. The van der Waals surface area contributed by atoms with Crippen LogP contribution in [0.25, 0.3) is 0 Å².